The van der Waals surface area contributed by atoms with Crippen LogP contribution >= 0.6 is 11.8 Å². The van der Waals surface area contributed by atoms with E-state index in [0.717, 1.165) is 28.7 Å². The number of methoxy groups -OCH3 is 1. The lowest BCUT2D eigenvalue weighted by molar-refractivity contribution is 0.414. The first-order valence-electron chi connectivity index (χ1n) is 6.94. The number of benzene rings is 2. The van der Waals surface area contributed by atoms with Crippen LogP contribution in [-0.4, -0.2) is 18.8 Å². The summed E-state index contributed by atoms with van der Waals surface area (Å²) in [4.78, 5) is 4.61. The SMILES string of the molecule is COc1ccc(NC2=NCC(c3ccccc3)S2)c(C)c1. The van der Waals surface area contributed by atoms with Crippen LogP contribution in [0.1, 0.15) is 16.4 Å². The van der Waals surface area contributed by atoms with E-state index in [1.165, 1.54) is 5.56 Å². The Balaban J connectivity index is 1.67. The van der Waals surface area contributed by atoms with Crippen molar-refractivity contribution < 1.29 is 4.74 Å². The Labute approximate surface area is 129 Å². The fraction of sp³-hybridized carbons (Fsp3) is 0.235. The molecule has 3 nitrogen and oxygen atoms in total. The summed E-state index contributed by atoms with van der Waals surface area (Å²) < 4.78 is 5.23. The predicted molar refractivity (Wildman–Crippen MR) is 90.4 cm³/mol. The lowest BCUT2D eigenvalue weighted by Crippen LogP contribution is -2.06. The van der Waals surface area contributed by atoms with Crippen molar-refractivity contribution in [3.05, 3.63) is 59.7 Å². The Hall–Kier alpha value is -1.94. The summed E-state index contributed by atoms with van der Waals surface area (Å²) in [5, 5.41) is 4.81. The van der Waals surface area contributed by atoms with E-state index in [1.807, 2.05) is 24.3 Å². The van der Waals surface area contributed by atoms with Crippen molar-refractivity contribution in [2.45, 2.75) is 12.2 Å². The van der Waals surface area contributed by atoms with Gasteiger partial charge in [-0.2, -0.15) is 0 Å². The highest BCUT2D eigenvalue weighted by molar-refractivity contribution is 8.14. The van der Waals surface area contributed by atoms with Crippen molar-refractivity contribution in [3.63, 3.8) is 0 Å². The van der Waals surface area contributed by atoms with Crippen molar-refractivity contribution in [2.24, 2.45) is 4.99 Å². The number of ether oxygens (including phenoxy) is 1. The van der Waals surface area contributed by atoms with Crippen molar-refractivity contribution in [3.8, 4) is 5.75 Å². The highest BCUT2D eigenvalue weighted by Crippen LogP contribution is 2.35. The van der Waals surface area contributed by atoms with Crippen LogP contribution in [-0.2, 0) is 0 Å². The molecule has 1 N–H and O–H groups in total. The molecule has 0 bridgehead atoms. The van der Waals surface area contributed by atoms with Crippen LogP contribution < -0.4 is 10.1 Å². The van der Waals surface area contributed by atoms with Gasteiger partial charge in [0.2, 0.25) is 0 Å². The van der Waals surface area contributed by atoms with Gasteiger partial charge in [-0.15, -0.1) is 0 Å². The van der Waals surface area contributed by atoms with E-state index in [9.17, 15) is 0 Å². The highest BCUT2D eigenvalue weighted by atomic mass is 32.2. The molecule has 0 aromatic heterocycles. The molecule has 1 unspecified atom stereocenters. The first-order valence-corrected chi connectivity index (χ1v) is 7.82. The van der Waals surface area contributed by atoms with Crippen LogP contribution in [0.25, 0.3) is 0 Å². The van der Waals surface area contributed by atoms with Crippen molar-refractivity contribution >= 4 is 22.6 Å². The molecule has 1 heterocycles. The number of aliphatic imine (C=N–C) groups is 1. The smallest absolute Gasteiger partial charge is 0.161 e. The topological polar surface area (TPSA) is 33.6 Å². The zero-order valence-corrected chi connectivity index (χ0v) is 13.0. The van der Waals surface area contributed by atoms with Gasteiger partial charge in [0.25, 0.3) is 0 Å². The average Bonchev–Trinajstić information content (AvgIpc) is 2.99. The third kappa shape index (κ3) is 3.22. The minimum atomic E-state index is 0.409. The molecule has 0 amide bonds. The molecule has 2 aromatic carbocycles. The number of amidine groups is 1. The summed E-state index contributed by atoms with van der Waals surface area (Å²) >= 11 is 1.78. The van der Waals surface area contributed by atoms with Crippen molar-refractivity contribution in [2.75, 3.05) is 19.0 Å². The standard InChI is InChI=1S/C17H18N2OS/c1-12-10-14(20-2)8-9-15(12)19-17-18-11-16(21-17)13-6-4-3-5-7-13/h3-10,16H,11H2,1-2H3,(H,18,19). The van der Waals surface area contributed by atoms with E-state index in [4.69, 9.17) is 4.74 Å². The Morgan fingerprint density at radius 2 is 2.00 bits per heavy atom. The van der Waals surface area contributed by atoms with Gasteiger partial charge in [0.15, 0.2) is 5.17 Å². The van der Waals surface area contributed by atoms with E-state index in [0.29, 0.717) is 5.25 Å². The minimum Gasteiger partial charge on any atom is -0.497 e. The molecule has 108 valence electrons. The largest absolute Gasteiger partial charge is 0.497 e. The van der Waals surface area contributed by atoms with Crippen LogP contribution in [0.2, 0.25) is 0 Å². The van der Waals surface area contributed by atoms with Crippen LogP contribution in [0.4, 0.5) is 5.69 Å². The number of rotatable bonds is 3. The van der Waals surface area contributed by atoms with E-state index < -0.39 is 0 Å². The molecule has 1 aliphatic rings. The van der Waals surface area contributed by atoms with Gasteiger partial charge in [-0.3, -0.25) is 4.99 Å². The first kappa shape index (κ1) is 14.0. The minimum absolute atomic E-state index is 0.409. The third-order valence-corrected chi connectivity index (χ3v) is 4.66. The second-order valence-corrected chi connectivity index (χ2v) is 6.16. The van der Waals surface area contributed by atoms with Crippen LogP contribution in [0.5, 0.6) is 5.75 Å². The first-order chi connectivity index (χ1) is 10.3. The fourth-order valence-corrected chi connectivity index (χ4v) is 3.33. The Morgan fingerprint density at radius 3 is 2.71 bits per heavy atom. The van der Waals surface area contributed by atoms with E-state index in [1.54, 1.807) is 18.9 Å². The predicted octanol–water partition coefficient (Wildman–Crippen LogP) is 4.26. The Kier molecular flexibility index (Phi) is 4.15. The van der Waals surface area contributed by atoms with Gasteiger partial charge >= 0.3 is 0 Å². The maximum Gasteiger partial charge on any atom is 0.161 e. The summed E-state index contributed by atoms with van der Waals surface area (Å²) in [5.41, 5.74) is 3.56. The second-order valence-electron chi connectivity index (χ2n) is 4.97. The Morgan fingerprint density at radius 1 is 1.19 bits per heavy atom. The monoisotopic (exact) mass is 298 g/mol. The molecule has 1 atom stereocenters. The van der Waals surface area contributed by atoms with Crippen molar-refractivity contribution in [1.29, 1.82) is 0 Å². The summed E-state index contributed by atoms with van der Waals surface area (Å²) in [6.45, 7) is 2.89. The summed E-state index contributed by atoms with van der Waals surface area (Å²) in [7, 11) is 1.68. The maximum absolute atomic E-state index is 5.23. The van der Waals surface area contributed by atoms with E-state index >= 15 is 0 Å². The van der Waals surface area contributed by atoms with E-state index in [2.05, 4.69) is 41.5 Å². The van der Waals surface area contributed by atoms with Gasteiger partial charge in [0.1, 0.15) is 5.75 Å². The number of hydrogen-bond donors (Lipinski definition) is 1. The van der Waals surface area contributed by atoms with Gasteiger partial charge in [-0.1, -0.05) is 42.1 Å². The van der Waals surface area contributed by atoms with E-state index in [-0.39, 0.29) is 0 Å². The molecule has 2 aromatic rings. The van der Waals surface area contributed by atoms with Crippen LogP contribution in [0, 0.1) is 6.92 Å². The molecule has 0 fully saturated rings. The fourth-order valence-electron chi connectivity index (χ4n) is 2.30. The number of nitrogens with one attached hydrogen (secondary N) is 1. The molecular formula is C17H18N2OS. The van der Waals surface area contributed by atoms with Gasteiger partial charge in [0.05, 0.1) is 18.9 Å². The second kappa shape index (κ2) is 6.22. The zero-order chi connectivity index (χ0) is 14.7. The number of anilines is 1. The molecule has 21 heavy (non-hydrogen) atoms. The number of aryl methyl sites for hydroxylation is 1. The van der Waals surface area contributed by atoms with Gasteiger partial charge in [0, 0.05) is 5.69 Å². The van der Waals surface area contributed by atoms with Crippen LogP contribution in [0.15, 0.2) is 53.5 Å². The molecule has 1 aliphatic heterocycles. The van der Waals surface area contributed by atoms with Crippen molar-refractivity contribution in [1.82, 2.24) is 0 Å². The van der Waals surface area contributed by atoms with Crippen LogP contribution in [0.3, 0.4) is 0 Å². The van der Waals surface area contributed by atoms with Gasteiger partial charge in [-0.25, -0.2) is 0 Å². The lowest BCUT2D eigenvalue weighted by Gasteiger charge is -2.12. The zero-order valence-electron chi connectivity index (χ0n) is 12.2. The maximum atomic E-state index is 5.23. The normalized spacial score (nSPS) is 17.4. The number of hydrogen-bond acceptors (Lipinski definition) is 4. The number of thioether (sulfide) groups is 1. The molecule has 4 heteroatoms. The van der Waals surface area contributed by atoms with Gasteiger partial charge < -0.3 is 10.1 Å². The molecule has 0 spiro atoms. The summed E-state index contributed by atoms with van der Waals surface area (Å²) in [6, 6.07) is 16.5. The Bertz CT molecular complexity index is 655. The molecule has 0 saturated carbocycles. The molecule has 0 radical (unpaired) electrons. The third-order valence-electron chi connectivity index (χ3n) is 3.50. The molecule has 0 saturated heterocycles. The van der Waals surface area contributed by atoms with Gasteiger partial charge in [-0.05, 0) is 36.2 Å². The average molecular weight is 298 g/mol. The summed E-state index contributed by atoms with van der Waals surface area (Å²) in [6.07, 6.45) is 0. The summed E-state index contributed by atoms with van der Waals surface area (Å²) in [5.74, 6) is 0.876. The highest BCUT2D eigenvalue weighted by Gasteiger charge is 2.21. The molecular weight excluding hydrogens is 280 g/mol. The molecule has 3 rings (SSSR count). The lowest BCUT2D eigenvalue weighted by atomic mass is 10.1. The number of nitrogens with zero attached hydrogens (tertiary/aromatic N) is 1. The quantitative estimate of drug-likeness (QED) is 0.919. The molecule has 0 aliphatic carbocycles.